The minimum atomic E-state index is -0.0357. The predicted molar refractivity (Wildman–Crippen MR) is 118 cm³/mol. The molecule has 31 heavy (non-hydrogen) atoms. The number of fused-ring (bicyclic) bond motifs is 2. The van der Waals surface area contributed by atoms with E-state index in [1.165, 1.54) is 22.4 Å². The highest BCUT2D eigenvalue weighted by atomic mass is 16.5. The molecule has 1 spiro atoms. The number of likely N-dealkylation sites (N-methyl/N-ethyl adjacent to an activating group) is 1. The van der Waals surface area contributed by atoms with Crippen LogP contribution in [0.4, 0.5) is 0 Å². The Bertz CT molecular complexity index is 1220. The zero-order valence-electron chi connectivity index (χ0n) is 18.3. The summed E-state index contributed by atoms with van der Waals surface area (Å²) >= 11 is 0. The summed E-state index contributed by atoms with van der Waals surface area (Å²) in [7, 11) is 4.05. The van der Waals surface area contributed by atoms with Gasteiger partial charge in [0.15, 0.2) is 17.6 Å². The molecule has 1 aromatic heterocycles. The molecule has 5 nitrogen and oxygen atoms in total. The third kappa shape index (κ3) is 2.03. The van der Waals surface area contributed by atoms with Crippen molar-refractivity contribution in [3.8, 4) is 17.2 Å². The Morgan fingerprint density at radius 1 is 1.13 bits per heavy atom. The Labute approximate surface area is 182 Å². The Morgan fingerprint density at radius 2 is 1.97 bits per heavy atom. The van der Waals surface area contributed by atoms with E-state index in [9.17, 15) is 0 Å². The largest absolute Gasteiger partial charge is 0.493 e. The van der Waals surface area contributed by atoms with Crippen LogP contribution in [0, 0.1) is 12.8 Å². The summed E-state index contributed by atoms with van der Waals surface area (Å²) in [5.74, 6) is 2.37. The first-order chi connectivity index (χ1) is 15.1. The van der Waals surface area contributed by atoms with Gasteiger partial charge in [-0.15, -0.1) is 0 Å². The molecule has 0 radical (unpaired) electrons. The molecule has 1 fully saturated rings. The number of nitrogens with zero attached hydrogens (tertiary/aromatic N) is 3. The molecular weight excluding hydrogens is 386 g/mol. The molecule has 4 atom stereocenters. The fourth-order valence-corrected chi connectivity index (χ4v) is 7.12. The lowest BCUT2D eigenvalue weighted by Crippen LogP contribution is -2.62. The molecule has 2 aromatic carbocycles. The second kappa shape index (κ2) is 5.92. The standard InChI is InChI=1S/C26H27N3O2/c1-15-18-14-19-20-13-16-9-10-21(30-3)24-22(16)26(19,11-12-28(20)2)25(31-24)23(18)27-29(15)17-7-5-4-6-8-17/h4-10,19-20,25H,11-14H2,1-3H3. The van der Waals surface area contributed by atoms with E-state index in [1.54, 1.807) is 7.11 Å². The summed E-state index contributed by atoms with van der Waals surface area (Å²) in [6.45, 7) is 3.32. The number of aromatic nitrogens is 2. The van der Waals surface area contributed by atoms with Crippen LogP contribution in [0.3, 0.4) is 0 Å². The van der Waals surface area contributed by atoms with Crippen LogP contribution in [-0.4, -0.2) is 41.4 Å². The predicted octanol–water partition coefficient (Wildman–Crippen LogP) is 3.99. The van der Waals surface area contributed by atoms with Gasteiger partial charge in [0.2, 0.25) is 0 Å². The van der Waals surface area contributed by atoms with Gasteiger partial charge in [-0.05, 0) is 69.5 Å². The van der Waals surface area contributed by atoms with E-state index in [0.29, 0.717) is 12.0 Å². The molecular formula is C26H27N3O2. The van der Waals surface area contributed by atoms with Gasteiger partial charge < -0.3 is 14.4 Å². The van der Waals surface area contributed by atoms with E-state index in [4.69, 9.17) is 14.6 Å². The second-order valence-corrected chi connectivity index (χ2v) is 9.68. The van der Waals surface area contributed by atoms with Crippen molar-refractivity contribution >= 4 is 0 Å². The Balaban J connectivity index is 1.49. The molecule has 158 valence electrons. The molecule has 2 aliphatic heterocycles. The Kier molecular flexibility index (Phi) is 3.41. The zero-order chi connectivity index (χ0) is 20.9. The third-order valence-corrected chi connectivity index (χ3v) is 8.54. The van der Waals surface area contributed by atoms with Crippen LogP contribution >= 0.6 is 0 Å². The average Bonchev–Trinajstić information content (AvgIpc) is 3.31. The molecule has 7 rings (SSSR count). The first kappa shape index (κ1) is 17.8. The number of piperidine rings is 1. The van der Waals surface area contributed by atoms with E-state index in [1.807, 2.05) is 0 Å². The molecule has 4 unspecified atom stereocenters. The smallest absolute Gasteiger partial charge is 0.166 e. The van der Waals surface area contributed by atoms with Gasteiger partial charge in [-0.1, -0.05) is 24.3 Å². The van der Waals surface area contributed by atoms with Gasteiger partial charge in [0.1, 0.15) is 5.69 Å². The Hall–Kier alpha value is -2.79. The van der Waals surface area contributed by atoms with Crippen LogP contribution in [0.2, 0.25) is 0 Å². The maximum absolute atomic E-state index is 6.85. The minimum absolute atomic E-state index is 0.00391. The van der Waals surface area contributed by atoms with Gasteiger partial charge in [-0.3, -0.25) is 0 Å². The van der Waals surface area contributed by atoms with Crippen LogP contribution in [0.5, 0.6) is 11.5 Å². The molecule has 2 bridgehead atoms. The average molecular weight is 414 g/mol. The summed E-state index contributed by atoms with van der Waals surface area (Å²) in [4.78, 5) is 2.58. The molecule has 4 aliphatic rings. The molecule has 0 saturated carbocycles. The zero-order valence-corrected chi connectivity index (χ0v) is 18.3. The lowest BCUT2D eigenvalue weighted by molar-refractivity contribution is -0.0257. The fraction of sp³-hybridized carbons (Fsp3) is 0.423. The fourth-order valence-electron chi connectivity index (χ4n) is 7.12. The highest BCUT2D eigenvalue weighted by molar-refractivity contribution is 5.63. The quantitative estimate of drug-likeness (QED) is 0.637. The van der Waals surface area contributed by atoms with Gasteiger partial charge in [-0.2, -0.15) is 5.10 Å². The first-order valence-electron chi connectivity index (χ1n) is 11.3. The van der Waals surface area contributed by atoms with Crippen molar-refractivity contribution < 1.29 is 9.47 Å². The number of hydrogen-bond donors (Lipinski definition) is 0. The van der Waals surface area contributed by atoms with Crippen LogP contribution in [0.25, 0.3) is 5.69 Å². The van der Waals surface area contributed by atoms with Crippen LogP contribution in [0.15, 0.2) is 42.5 Å². The van der Waals surface area contributed by atoms with Crippen molar-refractivity contribution in [1.82, 2.24) is 14.7 Å². The van der Waals surface area contributed by atoms with E-state index < -0.39 is 0 Å². The van der Waals surface area contributed by atoms with Crippen molar-refractivity contribution in [2.45, 2.75) is 43.7 Å². The lowest BCUT2D eigenvalue weighted by atomic mass is 9.51. The number of ether oxygens (including phenoxy) is 2. The summed E-state index contributed by atoms with van der Waals surface area (Å²) in [5.41, 5.74) is 7.73. The van der Waals surface area contributed by atoms with Crippen molar-refractivity contribution in [3.05, 3.63) is 70.5 Å². The van der Waals surface area contributed by atoms with Crippen LogP contribution in [-0.2, 0) is 18.3 Å². The summed E-state index contributed by atoms with van der Waals surface area (Å²) in [5, 5.41) is 5.19. The monoisotopic (exact) mass is 413 g/mol. The number of likely N-dealkylation sites (tertiary alicyclic amines) is 1. The minimum Gasteiger partial charge on any atom is -0.493 e. The van der Waals surface area contributed by atoms with Crippen molar-refractivity contribution in [2.24, 2.45) is 5.92 Å². The van der Waals surface area contributed by atoms with Gasteiger partial charge >= 0.3 is 0 Å². The highest BCUT2D eigenvalue weighted by Crippen LogP contribution is 2.67. The van der Waals surface area contributed by atoms with Crippen molar-refractivity contribution in [2.75, 3.05) is 20.7 Å². The van der Waals surface area contributed by atoms with Gasteiger partial charge in [0.05, 0.1) is 12.8 Å². The normalized spacial score (nSPS) is 29.8. The van der Waals surface area contributed by atoms with Crippen LogP contribution in [0.1, 0.15) is 40.6 Å². The van der Waals surface area contributed by atoms with E-state index in [-0.39, 0.29) is 11.5 Å². The molecule has 3 heterocycles. The highest BCUT2D eigenvalue weighted by Gasteiger charge is 2.65. The summed E-state index contributed by atoms with van der Waals surface area (Å²) < 4.78 is 14.7. The lowest BCUT2D eigenvalue weighted by Gasteiger charge is -2.57. The summed E-state index contributed by atoms with van der Waals surface area (Å²) in [6.07, 6.45) is 3.23. The Morgan fingerprint density at radius 3 is 2.77 bits per heavy atom. The third-order valence-electron chi connectivity index (χ3n) is 8.54. The topological polar surface area (TPSA) is 39.5 Å². The molecule has 0 N–H and O–H groups in total. The molecule has 3 aromatic rings. The SMILES string of the molecule is COc1ccc2c3c1OC1c4nn(-c5ccccc5)c(C)c4CC4C(C2)N(C)CCC314. The molecule has 0 amide bonds. The molecule has 2 aliphatic carbocycles. The molecule has 5 heteroatoms. The van der Waals surface area contributed by atoms with Crippen LogP contribution < -0.4 is 9.47 Å². The maximum atomic E-state index is 6.85. The number of para-hydroxylation sites is 1. The number of hydrogen-bond acceptors (Lipinski definition) is 4. The summed E-state index contributed by atoms with van der Waals surface area (Å²) in [6, 6.07) is 15.4. The van der Waals surface area contributed by atoms with E-state index in [2.05, 4.69) is 66.0 Å². The second-order valence-electron chi connectivity index (χ2n) is 9.68. The van der Waals surface area contributed by atoms with Gasteiger partial charge in [-0.25, -0.2) is 4.68 Å². The molecule has 1 saturated heterocycles. The number of methoxy groups -OCH3 is 1. The number of rotatable bonds is 2. The first-order valence-corrected chi connectivity index (χ1v) is 11.3. The van der Waals surface area contributed by atoms with Crippen molar-refractivity contribution in [3.63, 3.8) is 0 Å². The van der Waals surface area contributed by atoms with E-state index >= 15 is 0 Å². The van der Waals surface area contributed by atoms with Gasteiger partial charge in [0, 0.05) is 28.3 Å². The van der Waals surface area contributed by atoms with Gasteiger partial charge in [0.25, 0.3) is 0 Å². The number of benzene rings is 2. The van der Waals surface area contributed by atoms with E-state index in [0.717, 1.165) is 48.7 Å². The maximum Gasteiger partial charge on any atom is 0.166 e. The van der Waals surface area contributed by atoms with Crippen molar-refractivity contribution in [1.29, 1.82) is 0 Å².